The number of aryl methyl sites for hydroxylation is 2. The Bertz CT molecular complexity index is 966. The second-order valence-corrected chi connectivity index (χ2v) is 6.95. The Kier molecular flexibility index (Phi) is 4.43. The van der Waals surface area contributed by atoms with Crippen molar-refractivity contribution in [3.63, 3.8) is 0 Å². The van der Waals surface area contributed by atoms with Crippen molar-refractivity contribution in [3.8, 4) is 5.75 Å². The maximum absolute atomic E-state index is 12.6. The summed E-state index contributed by atoms with van der Waals surface area (Å²) in [6.07, 6.45) is 2.91. The lowest BCUT2D eigenvalue weighted by Crippen LogP contribution is -2.39. The highest BCUT2D eigenvalue weighted by Gasteiger charge is 2.32. The maximum Gasteiger partial charge on any atom is 0.261 e. The number of pyridine rings is 1. The van der Waals surface area contributed by atoms with E-state index in [4.69, 9.17) is 4.74 Å². The third kappa shape index (κ3) is 3.32. The van der Waals surface area contributed by atoms with Gasteiger partial charge < -0.3 is 19.9 Å². The summed E-state index contributed by atoms with van der Waals surface area (Å²) in [7, 11) is 1.57. The molecule has 140 valence electrons. The first-order valence-corrected chi connectivity index (χ1v) is 9.05. The average Bonchev–Trinajstić information content (AvgIpc) is 3.26. The molecule has 1 saturated heterocycles. The Balaban J connectivity index is 1.48. The van der Waals surface area contributed by atoms with Crippen LogP contribution in [0.5, 0.6) is 5.75 Å². The van der Waals surface area contributed by atoms with Crippen LogP contribution < -0.4 is 20.5 Å². The van der Waals surface area contributed by atoms with Crippen LogP contribution in [0.4, 0.5) is 5.69 Å². The molecule has 1 atom stereocenters. The van der Waals surface area contributed by atoms with E-state index in [0.29, 0.717) is 12.3 Å². The molecule has 2 aromatic rings. The van der Waals surface area contributed by atoms with Crippen molar-refractivity contribution in [2.75, 3.05) is 18.6 Å². The number of nitrogens with one attached hydrogen (secondary N) is 2. The summed E-state index contributed by atoms with van der Waals surface area (Å²) in [6, 6.07) is 8.58. The van der Waals surface area contributed by atoms with Crippen LogP contribution in [-0.4, -0.2) is 36.5 Å². The molecule has 7 heteroatoms. The van der Waals surface area contributed by atoms with Crippen LogP contribution in [0.2, 0.25) is 0 Å². The summed E-state index contributed by atoms with van der Waals surface area (Å²) < 4.78 is 5.20. The van der Waals surface area contributed by atoms with Gasteiger partial charge in [0.15, 0.2) is 0 Å². The average molecular weight is 367 g/mol. The number of amides is 2. The fraction of sp³-hybridized carbons (Fsp3) is 0.350. The van der Waals surface area contributed by atoms with Gasteiger partial charge in [-0.1, -0.05) is 6.07 Å². The van der Waals surface area contributed by atoms with E-state index in [1.54, 1.807) is 24.1 Å². The van der Waals surface area contributed by atoms with Gasteiger partial charge in [0.25, 0.3) is 11.5 Å². The zero-order valence-corrected chi connectivity index (χ0v) is 15.1. The molecule has 1 aromatic carbocycles. The van der Waals surface area contributed by atoms with E-state index in [9.17, 15) is 14.4 Å². The predicted octanol–water partition coefficient (Wildman–Crippen LogP) is 1.41. The molecule has 1 aliphatic carbocycles. The van der Waals surface area contributed by atoms with E-state index in [-0.39, 0.29) is 29.5 Å². The standard InChI is InChI=1S/C20H21N3O4/c1-27-15-6-3-5-14(10-15)23-11-13(9-18(23)24)21-19(25)16-8-12-4-2-7-17(12)22-20(16)26/h3,5-6,8,10,13H,2,4,7,9,11H2,1H3,(H,21,25)(H,22,26)/t13-/m0/s1. The Labute approximate surface area is 156 Å². The molecule has 7 nitrogen and oxygen atoms in total. The van der Waals surface area contributed by atoms with Gasteiger partial charge in [-0.3, -0.25) is 14.4 Å². The first kappa shape index (κ1) is 17.3. The number of ether oxygens (including phenoxy) is 1. The SMILES string of the molecule is COc1cccc(N2C[C@@H](NC(=O)c3cc4c([nH]c3=O)CCC4)CC2=O)c1. The van der Waals surface area contributed by atoms with Crippen LogP contribution in [-0.2, 0) is 17.6 Å². The highest BCUT2D eigenvalue weighted by atomic mass is 16.5. The molecule has 0 unspecified atom stereocenters. The summed E-state index contributed by atoms with van der Waals surface area (Å²) in [6.45, 7) is 0.362. The quantitative estimate of drug-likeness (QED) is 0.855. The van der Waals surface area contributed by atoms with Crippen molar-refractivity contribution < 1.29 is 14.3 Å². The van der Waals surface area contributed by atoms with Crippen molar-refractivity contribution in [2.24, 2.45) is 0 Å². The number of methoxy groups -OCH3 is 1. The van der Waals surface area contributed by atoms with Crippen molar-refractivity contribution in [2.45, 2.75) is 31.7 Å². The van der Waals surface area contributed by atoms with Gasteiger partial charge in [0.05, 0.1) is 13.2 Å². The minimum Gasteiger partial charge on any atom is -0.497 e. The number of benzene rings is 1. The summed E-state index contributed by atoms with van der Waals surface area (Å²) in [5.74, 6) is 0.158. The number of rotatable bonds is 4. The molecule has 1 fully saturated rings. The molecule has 4 rings (SSSR count). The van der Waals surface area contributed by atoms with E-state index in [2.05, 4.69) is 10.3 Å². The number of anilines is 1. The van der Waals surface area contributed by atoms with Gasteiger partial charge in [-0.25, -0.2) is 0 Å². The van der Waals surface area contributed by atoms with E-state index in [1.165, 1.54) is 0 Å². The highest BCUT2D eigenvalue weighted by Crippen LogP contribution is 2.25. The fourth-order valence-electron chi connectivity index (χ4n) is 3.78. The minimum absolute atomic E-state index is 0.0728. The Morgan fingerprint density at radius 3 is 2.93 bits per heavy atom. The van der Waals surface area contributed by atoms with Crippen LogP contribution in [0.1, 0.15) is 34.5 Å². The Morgan fingerprint density at radius 1 is 1.26 bits per heavy atom. The van der Waals surface area contributed by atoms with Crippen LogP contribution in [0.3, 0.4) is 0 Å². The summed E-state index contributed by atoms with van der Waals surface area (Å²) in [5.41, 5.74) is 2.42. The molecule has 2 amide bonds. The number of hydrogen-bond donors (Lipinski definition) is 2. The second-order valence-electron chi connectivity index (χ2n) is 6.95. The normalized spacial score (nSPS) is 18.5. The number of aromatic amines is 1. The molecule has 2 N–H and O–H groups in total. The third-order valence-electron chi connectivity index (χ3n) is 5.16. The minimum atomic E-state index is -0.434. The van der Waals surface area contributed by atoms with Gasteiger partial charge in [-0.15, -0.1) is 0 Å². The van der Waals surface area contributed by atoms with Crippen LogP contribution in [0, 0.1) is 0 Å². The molecule has 1 aromatic heterocycles. The number of fused-ring (bicyclic) bond motifs is 1. The molecular weight excluding hydrogens is 346 g/mol. The first-order valence-electron chi connectivity index (χ1n) is 9.05. The van der Waals surface area contributed by atoms with Gasteiger partial charge >= 0.3 is 0 Å². The molecular formula is C20H21N3O4. The van der Waals surface area contributed by atoms with Crippen LogP contribution in [0.15, 0.2) is 35.1 Å². The summed E-state index contributed by atoms with van der Waals surface area (Å²) in [4.78, 5) is 41.6. The largest absolute Gasteiger partial charge is 0.497 e. The zero-order chi connectivity index (χ0) is 19.0. The Morgan fingerprint density at radius 2 is 2.11 bits per heavy atom. The lowest BCUT2D eigenvalue weighted by Gasteiger charge is -2.18. The van der Waals surface area contributed by atoms with E-state index >= 15 is 0 Å². The van der Waals surface area contributed by atoms with E-state index in [0.717, 1.165) is 36.2 Å². The molecule has 0 bridgehead atoms. The lowest BCUT2D eigenvalue weighted by molar-refractivity contribution is -0.117. The van der Waals surface area contributed by atoms with Gasteiger partial charge in [0, 0.05) is 30.4 Å². The number of carbonyl (C=O) groups excluding carboxylic acids is 2. The van der Waals surface area contributed by atoms with Gasteiger partial charge in [-0.2, -0.15) is 0 Å². The number of aromatic nitrogens is 1. The molecule has 0 radical (unpaired) electrons. The topological polar surface area (TPSA) is 91.5 Å². The molecule has 2 aliphatic rings. The van der Waals surface area contributed by atoms with Crippen LogP contribution >= 0.6 is 0 Å². The van der Waals surface area contributed by atoms with Gasteiger partial charge in [0.2, 0.25) is 5.91 Å². The number of nitrogens with zero attached hydrogens (tertiary/aromatic N) is 1. The van der Waals surface area contributed by atoms with Crippen molar-refractivity contribution in [1.29, 1.82) is 0 Å². The number of H-pyrrole nitrogens is 1. The summed E-state index contributed by atoms with van der Waals surface area (Å²) >= 11 is 0. The first-order chi connectivity index (χ1) is 13.0. The lowest BCUT2D eigenvalue weighted by atomic mass is 10.1. The molecule has 1 aliphatic heterocycles. The molecule has 2 heterocycles. The summed E-state index contributed by atoms with van der Waals surface area (Å²) in [5, 5.41) is 2.83. The second kappa shape index (κ2) is 6.90. The molecule has 27 heavy (non-hydrogen) atoms. The van der Waals surface area contributed by atoms with Crippen LogP contribution in [0.25, 0.3) is 0 Å². The van der Waals surface area contributed by atoms with Crippen molar-refractivity contribution in [3.05, 3.63) is 57.5 Å². The highest BCUT2D eigenvalue weighted by molar-refractivity contribution is 5.99. The van der Waals surface area contributed by atoms with Gasteiger partial charge in [-0.05, 0) is 43.0 Å². The smallest absolute Gasteiger partial charge is 0.261 e. The zero-order valence-electron chi connectivity index (χ0n) is 15.1. The predicted molar refractivity (Wildman–Crippen MR) is 100 cm³/mol. The van der Waals surface area contributed by atoms with Crippen molar-refractivity contribution in [1.82, 2.24) is 10.3 Å². The molecule has 0 spiro atoms. The van der Waals surface area contributed by atoms with Gasteiger partial charge in [0.1, 0.15) is 11.3 Å². The van der Waals surface area contributed by atoms with E-state index < -0.39 is 5.91 Å². The maximum atomic E-state index is 12.6. The molecule has 0 saturated carbocycles. The van der Waals surface area contributed by atoms with Crippen molar-refractivity contribution >= 4 is 17.5 Å². The Hall–Kier alpha value is -3.09. The third-order valence-corrected chi connectivity index (χ3v) is 5.16. The number of carbonyl (C=O) groups is 2. The van der Waals surface area contributed by atoms with E-state index in [1.807, 2.05) is 18.2 Å². The fourth-order valence-corrected chi connectivity index (χ4v) is 3.78. The number of hydrogen-bond acceptors (Lipinski definition) is 4. The monoisotopic (exact) mass is 367 g/mol.